The Morgan fingerprint density at radius 1 is 1.89 bits per heavy atom. The van der Waals surface area contributed by atoms with Crippen molar-refractivity contribution in [3.05, 3.63) is 0 Å². The normalized spacial score (nSPS) is 26.1. The Balaban J connectivity index is 0.000000810. The van der Waals surface area contributed by atoms with Crippen LogP contribution in [0.2, 0.25) is 0 Å². The average molecular weight is 131 g/mol. The third kappa shape index (κ3) is 1.34. The maximum Gasteiger partial charge on any atom is 0.407 e. The third-order valence-electron chi connectivity index (χ3n) is 1.50. The van der Waals surface area contributed by atoms with Gasteiger partial charge in [0.15, 0.2) is 0 Å². The number of amides is 1. The first-order valence-corrected chi connectivity index (χ1v) is 3.13. The molecule has 0 radical (unpaired) electrons. The molecule has 3 nitrogen and oxygen atoms in total. The fraction of sp³-hybridized carbons (Fsp3) is 0.833. The second-order valence-corrected chi connectivity index (χ2v) is 2.59. The van der Waals surface area contributed by atoms with Gasteiger partial charge in [-0.05, 0) is 5.92 Å². The number of hydrogen-bond donors (Lipinski definition) is 1. The number of carbonyl (C=O) groups is 1. The Morgan fingerprint density at radius 2 is 2.56 bits per heavy atom. The molecule has 0 unspecified atom stereocenters. The van der Waals surface area contributed by atoms with E-state index >= 15 is 0 Å². The Labute approximate surface area is 55.9 Å². The van der Waals surface area contributed by atoms with Crippen molar-refractivity contribution in [2.45, 2.75) is 19.9 Å². The molecule has 1 heterocycles. The van der Waals surface area contributed by atoms with Crippen LogP contribution in [0.4, 0.5) is 4.79 Å². The molecular formula is C6H13NO2. The minimum Gasteiger partial charge on any atom is -0.447 e. The summed E-state index contributed by atoms with van der Waals surface area (Å²) in [6.07, 6.45) is -0.284. The van der Waals surface area contributed by atoms with E-state index in [-0.39, 0.29) is 13.6 Å². The molecule has 0 saturated carbocycles. The second-order valence-electron chi connectivity index (χ2n) is 2.59. The van der Waals surface area contributed by atoms with Crippen LogP contribution < -0.4 is 5.32 Å². The van der Waals surface area contributed by atoms with Gasteiger partial charge in [0, 0.05) is 1.43 Å². The van der Waals surface area contributed by atoms with Crippen LogP contribution in [0, 0.1) is 5.92 Å². The predicted molar refractivity (Wildman–Crippen MR) is 35.2 cm³/mol. The highest BCUT2D eigenvalue weighted by Gasteiger charge is 2.24. The van der Waals surface area contributed by atoms with Crippen LogP contribution in [0.5, 0.6) is 0 Å². The van der Waals surface area contributed by atoms with E-state index in [9.17, 15) is 4.79 Å². The van der Waals surface area contributed by atoms with Crippen molar-refractivity contribution in [1.29, 1.82) is 0 Å². The number of hydrogen-bond acceptors (Lipinski definition) is 2. The molecule has 0 aliphatic carbocycles. The Morgan fingerprint density at radius 3 is 2.78 bits per heavy atom. The first-order chi connectivity index (χ1) is 4.20. The van der Waals surface area contributed by atoms with Gasteiger partial charge in [-0.3, -0.25) is 0 Å². The fourth-order valence-corrected chi connectivity index (χ4v) is 0.759. The lowest BCUT2D eigenvalue weighted by Crippen LogP contribution is -2.30. The van der Waals surface area contributed by atoms with Gasteiger partial charge in [-0.2, -0.15) is 0 Å². The summed E-state index contributed by atoms with van der Waals surface area (Å²) in [5, 5.41) is 2.69. The fourth-order valence-electron chi connectivity index (χ4n) is 0.759. The first-order valence-electron chi connectivity index (χ1n) is 3.13. The van der Waals surface area contributed by atoms with E-state index in [2.05, 4.69) is 23.9 Å². The van der Waals surface area contributed by atoms with Crippen LogP contribution in [0.15, 0.2) is 0 Å². The van der Waals surface area contributed by atoms with Gasteiger partial charge in [0.2, 0.25) is 0 Å². The topological polar surface area (TPSA) is 38.3 Å². The Hall–Kier alpha value is -0.730. The number of alkyl carbamates (subject to hydrolysis) is 1. The summed E-state index contributed by atoms with van der Waals surface area (Å²) in [5.74, 6) is 0.469. The Bertz CT molecular complexity index is 127. The summed E-state index contributed by atoms with van der Waals surface area (Å²) in [6.45, 7) is 4.63. The van der Waals surface area contributed by atoms with E-state index in [1.807, 2.05) is 0 Å². The van der Waals surface area contributed by atoms with Gasteiger partial charge in [0.05, 0.1) is 6.04 Å². The van der Waals surface area contributed by atoms with Crippen molar-refractivity contribution < 1.29 is 11.0 Å². The van der Waals surface area contributed by atoms with Crippen LogP contribution in [0.1, 0.15) is 15.3 Å². The molecule has 1 aliphatic rings. The van der Waals surface area contributed by atoms with E-state index in [0.29, 0.717) is 12.5 Å². The van der Waals surface area contributed by atoms with Crippen LogP contribution in [0.3, 0.4) is 0 Å². The maximum atomic E-state index is 10.4. The summed E-state index contributed by atoms with van der Waals surface area (Å²) in [4.78, 5) is 10.4. The molecule has 1 N–H and O–H groups in total. The highest BCUT2D eigenvalue weighted by Crippen LogP contribution is 2.07. The van der Waals surface area contributed by atoms with E-state index < -0.39 is 0 Å². The molecule has 9 heavy (non-hydrogen) atoms. The van der Waals surface area contributed by atoms with Crippen LogP contribution >= 0.6 is 0 Å². The summed E-state index contributed by atoms with van der Waals surface area (Å²) < 4.78 is 4.68. The van der Waals surface area contributed by atoms with Gasteiger partial charge in [-0.15, -0.1) is 0 Å². The first kappa shape index (κ1) is 6.39. The molecule has 1 amide bonds. The minimum atomic E-state index is -0.284. The minimum absolute atomic E-state index is 0. The zero-order valence-electron chi connectivity index (χ0n) is 5.68. The molecule has 1 saturated heterocycles. The number of carbonyl (C=O) groups excluding carboxylic acids is 1. The van der Waals surface area contributed by atoms with Gasteiger partial charge in [-0.25, -0.2) is 4.79 Å². The summed E-state index contributed by atoms with van der Waals surface area (Å²) >= 11 is 0. The highest BCUT2D eigenvalue weighted by atomic mass is 16.6. The molecule has 0 aromatic rings. The summed E-state index contributed by atoms with van der Waals surface area (Å²) in [5.41, 5.74) is 0. The number of cyclic esters (lactones) is 1. The summed E-state index contributed by atoms with van der Waals surface area (Å²) in [7, 11) is 0. The van der Waals surface area contributed by atoms with E-state index in [0.717, 1.165) is 0 Å². The lowest BCUT2D eigenvalue weighted by atomic mass is 10.1. The van der Waals surface area contributed by atoms with Gasteiger partial charge in [0.1, 0.15) is 6.61 Å². The van der Waals surface area contributed by atoms with E-state index in [4.69, 9.17) is 0 Å². The Kier molecular flexibility index (Phi) is 1.60. The molecule has 0 aromatic heterocycles. The molecule has 1 aliphatic heterocycles. The quantitative estimate of drug-likeness (QED) is 0.576. The molecule has 1 rings (SSSR count). The van der Waals surface area contributed by atoms with Crippen LogP contribution in [-0.4, -0.2) is 18.7 Å². The van der Waals surface area contributed by atoms with Crippen molar-refractivity contribution in [3.63, 3.8) is 0 Å². The zero-order chi connectivity index (χ0) is 6.85. The smallest absolute Gasteiger partial charge is 0.407 e. The summed E-state index contributed by atoms with van der Waals surface area (Å²) in [6, 6.07) is 0.220. The number of rotatable bonds is 1. The van der Waals surface area contributed by atoms with Crippen molar-refractivity contribution in [2.24, 2.45) is 5.92 Å². The maximum absolute atomic E-state index is 10.4. The molecule has 0 bridgehead atoms. The standard InChI is InChI=1S/C6H11NO2.H2/c1-4(2)5-3-9-6(8)7-5;/h4-5H,3H2,1-2H3,(H,7,8);1H/t5-;/m1./s1. The molecule has 3 heteroatoms. The molecule has 1 atom stereocenters. The van der Waals surface area contributed by atoms with Crippen molar-refractivity contribution in [1.82, 2.24) is 5.32 Å². The molecule has 1 fully saturated rings. The predicted octanol–water partition coefficient (Wildman–Crippen LogP) is 0.997. The average Bonchev–Trinajstić information content (AvgIpc) is 2.14. The van der Waals surface area contributed by atoms with Crippen LogP contribution in [0.25, 0.3) is 0 Å². The molecule has 0 aromatic carbocycles. The molecular weight excluding hydrogens is 118 g/mol. The van der Waals surface area contributed by atoms with E-state index in [1.165, 1.54) is 0 Å². The monoisotopic (exact) mass is 131 g/mol. The van der Waals surface area contributed by atoms with Crippen molar-refractivity contribution in [3.8, 4) is 0 Å². The number of nitrogens with one attached hydrogen (secondary N) is 1. The highest BCUT2D eigenvalue weighted by molar-refractivity contribution is 5.69. The SMILES string of the molecule is CC(C)[C@H]1COC(=O)N1.[HH]. The molecule has 54 valence electrons. The lowest BCUT2D eigenvalue weighted by molar-refractivity contribution is 0.175. The zero-order valence-corrected chi connectivity index (χ0v) is 5.68. The van der Waals surface area contributed by atoms with Gasteiger partial charge in [-0.1, -0.05) is 13.8 Å². The van der Waals surface area contributed by atoms with Gasteiger partial charge in [0.25, 0.3) is 0 Å². The van der Waals surface area contributed by atoms with Crippen molar-refractivity contribution >= 4 is 6.09 Å². The lowest BCUT2D eigenvalue weighted by Gasteiger charge is -2.09. The van der Waals surface area contributed by atoms with Gasteiger partial charge >= 0.3 is 6.09 Å². The molecule has 0 spiro atoms. The third-order valence-corrected chi connectivity index (χ3v) is 1.50. The van der Waals surface area contributed by atoms with Gasteiger partial charge < -0.3 is 10.1 Å². The van der Waals surface area contributed by atoms with Crippen LogP contribution in [-0.2, 0) is 4.74 Å². The van der Waals surface area contributed by atoms with Crippen molar-refractivity contribution in [2.75, 3.05) is 6.61 Å². The second kappa shape index (κ2) is 2.25. The van der Waals surface area contributed by atoms with E-state index in [1.54, 1.807) is 0 Å². The largest absolute Gasteiger partial charge is 0.447 e. The number of ether oxygens (including phenoxy) is 1.